The summed E-state index contributed by atoms with van der Waals surface area (Å²) in [7, 11) is 0. The molecule has 2 aromatic carbocycles. The predicted octanol–water partition coefficient (Wildman–Crippen LogP) is 8.37. The number of nitrogen functional groups attached to an aromatic ring is 1. The maximum Gasteiger partial charge on any atom is 0.522 e. The first-order valence-electron chi connectivity index (χ1n) is 16.9. The molecule has 345 valence electrons. The summed E-state index contributed by atoms with van der Waals surface area (Å²) in [6.45, 7) is 2.98. The van der Waals surface area contributed by atoms with Gasteiger partial charge in [0.1, 0.15) is 54.1 Å². The second-order valence-corrected chi connectivity index (χ2v) is 14.8. The van der Waals surface area contributed by atoms with Gasteiger partial charge in [-0.2, -0.15) is 0 Å². The van der Waals surface area contributed by atoms with E-state index in [1.807, 2.05) is 0 Å². The Bertz CT molecular complexity index is 2380. The molecule has 4 aromatic heterocycles. The quantitative estimate of drug-likeness (QED) is 0.0442. The number of nitrogens with zero attached hydrogens (tertiary/aromatic N) is 6. The van der Waals surface area contributed by atoms with Crippen LogP contribution in [0, 0.1) is 11.6 Å². The molecular weight excluding hydrogens is 919 g/mol. The van der Waals surface area contributed by atoms with Gasteiger partial charge in [-0.3, -0.25) is 19.0 Å². The van der Waals surface area contributed by atoms with Crippen LogP contribution < -0.4 is 11.9 Å². The third-order valence-corrected chi connectivity index (χ3v) is 7.96. The van der Waals surface area contributed by atoms with Crippen LogP contribution in [0.1, 0.15) is 39.3 Å². The van der Waals surface area contributed by atoms with Gasteiger partial charge in [-0.1, -0.05) is 11.6 Å². The van der Waals surface area contributed by atoms with Crippen molar-refractivity contribution in [3.63, 3.8) is 0 Å². The largest absolute Gasteiger partial charge is 0.522 e. The van der Waals surface area contributed by atoms with E-state index in [0.29, 0.717) is 21.8 Å². The van der Waals surface area contributed by atoms with Crippen molar-refractivity contribution in [3.05, 3.63) is 64.8 Å². The molecule has 0 aliphatic rings. The molecule has 0 unspecified atom stereocenters. The first kappa shape index (κ1) is 54.4. The molecule has 6 rings (SSSR count). The summed E-state index contributed by atoms with van der Waals surface area (Å²) in [4.78, 5) is 26.0. The van der Waals surface area contributed by atoms with Crippen LogP contribution in [0.5, 0.6) is 0 Å². The van der Waals surface area contributed by atoms with E-state index in [0.717, 1.165) is 6.07 Å². The third-order valence-electron chi connectivity index (χ3n) is 7.59. The third kappa shape index (κ3) is 15.8. The van der Waals surface area contributed by atoms with Crippen molar-refractivity contribution in [2.24, 2.45) is 0 Å². The van der Waals surface area contributed by atoms with Crippen LogP contribution in [0.15, 0.2) is 36.4 Å². The van der Waals surface area contributed by atoms with E-state index in [-0.39, 0.29) is 72.3 Å². The molecule has 4 heterocycles. The van der Waals surface area contributed by atoms with Crippen molar-refractivity contribution >= 4 is 86.5 Å². The number of rotatable bonds is 10. The van der Waals surface area contributed by atoms with E-state index in [4.69, 9.17) is 17.3 Å². The monoisotopic (exact) mass is 953 g/mol. The Morgan fingerprint density at radius 3 is 1.43 bits per heavy atom. The van der Waals surface area contributed by atoms with Crippen LogP contribution in [0.25, 0.3) is 43.9 Å². The predicted molar refractivity (Wildman–Crippen MR) is 207 cm³/mol. The lowest BCUT2D eigenvalue weighted by molar-refractivity contribution is -0.332. The number of hydrogen-bond donors (Lipinski definition) is 4. The van der Waals surface area contributed by atoms with E-state index in [2.05, 4.69) is 45.7 Å². The van der Waals surface area contributed by atoms with Gasteiger partial charge in [0.25, 0.3) is 0 Å². The Kier molecular flexibility index (Phi) is 17.7. The van der Waals surface area contributed by atoms with Crippen LogP contribution in [0.4, 0.5) is 54.1 Å². The van der Waals surface area contributed by atoms with Gasteiger partial charge < -0.3 is 31.2 Å². The van der Waals surface area contributed by atoms with Crippen molar-refractivity contribution in [1.82, 2.24) is 35.2 Å². The second-order valence-electron chi connectivity index (χ2n) is 14.0. The lowest BCUT2D eigenvalue weighted by Crippen LogP contribution is -2.27. The Morgan fingerprint density at radius 2 is 1.06 bits per heavy atom. The second kappa shape index (κ2) is 20.4. The van der Waals surface area contributed by atoms with E-state index in [1.165, 1.54) is 67.2 Å². The van der Waals surface area contributed by atoms with Gasteiger partial charge in [0.2, 0.25) is 5.24 Å². The maximum absolute atomic E-state index is 13.5. The average Bonchev–Trinajstić information content (AvgIpc) is 3.62. The molecule has 3 radical (unpaired) electrons. The van der Waals surface area contributed by atoms with Gasteiger partial charge in [0.05, 0.1) is 46.4 Å². The van der Waals surface area contributed by atoms with Crippen molar-refractivity contribution in [1.29, 1.82) is 0 Å². The number of aromatic nitrogens is 6. The highest BCUT2D eigenvalue weighted by Crippen LogP contribution is 2.34. The van der Waals surface area contributed by atoms with E-state index >= 15 is 0 Å². The highest BCUT2D eigenvalue weighted by Gasteiger charge is 2.33. The number of carbonyl (C=O) groups is 1. The number of fused-ring (bicyclic) bond motifs is 6. The van der Waals surface area contributed by atoms with Gasteiger partial charge in [-0.25, -0.2) is 28.7 Å². The average molecular weight is 954 g/mol. The molecule has 0 amide bonds. The highest BCUT2D eigenvalue weighted by molar-refractivity contribution is 6.63. The van der Waals surface area contributed by atoms with Crippen LogP contribution >= 0.6 is 23.2 Å². The lowest BCUT2D eigenvalue weighted by atomic mass is 10.1. The topological polar surface area (TPSA) is 208 Å². The Hall–Kier alpha value is -4.70. The molecule has 28 heteroatoms. The first-order valence-corrected chi connectivity index (χ1v) is 17.7. The van der Waals surface area contributed by atoms with Gasteiger partial charge in [0.15, 0.2) is 11.0 Å². The molecule has 0 fully saturated rings. The van der Waals surface area contributed by atoms with Crippen molar-refractivity contribution < 1.29 is 77.5 Å². The zero-order valence-corrected chi connectivity index (χ0v) is 34.5. The zero-order chi connectivity index (χ0) is 46.0. The number of ether oxygens (including phenoxy) is 3. The molecule has 0 bridgehead atoms. The molecule has 63 heavy (non-hydrogen) atoms. The fourth-order valence-corrected chi connectivity index (χ4v) is 5.85. The van der Waals surface area contributed by atoms with Gasteiger partial charge in [-0.15, -0.1) is 39.5 Å². The normalized spacial score (nSPS) is 12.4. The molecule has 0 saturated heterocycles. The maximum atomic E-state index is 13.5. The number of hydrogen-bond acceptors (Lipinski definition) is 12. The minimum absolute atomic E-state index is 0. The SMILES string of the molecule is CC(C)(O)Cn1c(COC(F)(F)F)nc2c(Cl)nc3cc(F)ccc3c21.CC(C)(O)Cn1c(COC(F)(F)F)nc2c(N)nc3cc(F)ccc3c21.N.O=C(Cl)COC(F)(F)F.[B]. The number of nitrogens with two attached hydrogens (primary N) is 1. The standard InChI is InChI=1S/C16H14ClF4N3O2.C16H16F4N4O2.C3H2ClF3O2.B.H3N/c1-15(2,25)7-24-11(6-26-16(19,20)21)23-12-13(24)9-4-3-8(18)5-10(9)22-14(12)17;1-15(2,25)7-24-11(6-26-16(18,19)20)23-12-13(24)9-4-3-8(17)5-10(9)22-14(12)21;4-2(8)1-9-3(5,6)7;;/h3-5,25H,6-7H2,1-2H3;3-5,25H,6-7H2,1-2H3,(H2,21,22);1H2;;1H3. The molecular formula is C35H35BCl2F11N8O6. The number of anilines is 1. The molecule has 0 saturated carbocycles. The van der Waals surface area contributed by atoms with Gasteiger partial charge in [-0.05, 0) is 63.6 Å². The van der Waals surface area contributed by atoms with Crippen molar-refractivity contribution in [2.45, 2.75) is 84.3 Å². The summed E-state index contributed by atoms with van der Waals surface area (Å²) < 4.78 is 148. The Balaban J connectivity index is 0.000000354. The Labute approximate surface area is 360 Å². The summed E-state index contributed by atoms with van der Waals surface area (Å²) in [6.07, 6.45) is -14.5. The number of imidazole rings is 2. The number of benzene rings is 2. The number of halogens is 13. The molecule has 0 spiro atoms. The summed E-state index contributed by atoms with van der Waals surface area (Å²) >= 11 is 10.6. The van der Waals surface area contributed by atoms with E-state index in [9.17, 15) is 63.3 Å². The highest BCUT2D eigenvalue weighted by atomic mass is 35.5. The van der Waals surface area contributed by atoms with E-state index < -0.39 is 67.0 Å². The lowest BCUT2D eigenvalue weighted by Gasteiger charge is -2.21. The molecule has 7 N–H and O–H groups in total. The molecule has 0 atom stereocenters. The van der Waals surface area contributed by atoms with Crippen LogP contribution in [-0.4, -0.2) is 89.8 Å². The number of pyridine rings is 2. The summed E-state index contributed by atoms with van der Waals surface area (Å²) in [5.41, 5.74) is 4.82. The molecule has 6 aromatic rings. The van der Waals surface area contributed by atoms with Gasteiger partial charge >= 0.3 is 19.1 Å². The van der Waals surface area contributed by atoms with Crippen LogP contribution in [-0.2, 0) is 45.3 Å². The first-order chi connectivity index (χ1) is 27.8. The minimum Gasteiger partial charge on any atom is -0.389 e. The molecule has 0 aliphatic carbocycles. The number of aliphatic hydroxyl groups is 2. The fourth-order valence-electron chi connectivity index (χ4n) is 5.57. The van der Waals surface area contributed by atoms with Crippen LogP contribution in [0.3, 0.4) is 0 Å². The van der Waals surface area contributed by atoms with Crippen molar-refractivity contribution in [3.8, 4) is 0 Å². The fraction of sp³-hybridized carbons (Fsp3) is 0.400. The molecule has 0 aliphatic heterocycles. The van der Waals surface area contributed by atoms with E-state index in [1.54, 1.807) is 0 Å². The van der Waals surface area contributed by atoms with Crippen molar-refractivity contribution in [2.75, 3.05) is 12.3 Å². The minimum atomic E-state index is -4.84. The molecule has 14 nitrogen and oxygen atoms in total. The zero-order valence-electron chi connectivity index (χ0n) is 33.0. The number of carbonyl (C=O) groups excluding carboxylic acids is 1. The summed E-state index contributed by atoms with van der Waals surface area (Å²) in [5.74, 6) is -1.28. The Morgan fingerprint density at radius 1 is 0.683 bits per heavy atom. The number of alkyl halides is 9. The summed E-state index contributed by atoms with van der Waals surface area (Å²) in [5, 5.41) is 20.0. The summed E-state index contributed by atoms with van der Waals surface area (Å²) in [6, 6.07) is 7.60. The van der Waals surface area contributed by atoms with Gasteiger partial charge in [0, 0.05) is 31.3 Å². The van der Waals surface area contributed by atoms with Crippen LogP contribution in [0.2, 0.25) is 5.15 Å². The smallest absolute Gasteiger partial charge is 0.389 e.